The minimum Gasteiger partial charge on any atom is -0.294 e. The van der Waals surface area contributed by atoms with Gasteiger partial charge in [0.05, 0.1) is 5.69 Å². The van der Waals surface area contributed by atoms with Crippen LogP contribution in [0.25, 0.3) is 0 Å². The molecule has 1 aromatic heterocycles. The molecule has 2 aromatic rings. The monoisotopic (exact) mass is 289 g/mol. The normalized spacial score (nSPS) is 15.7. The summed E-state index contributed by atoms with van der Waals surface area (Å²) in [5, 5.41) is 0. The van der Waals surface area contributed by atoms with Crippen molar-refractivity contribution in [2.24, 2.45) is 5.41 Å². The molecule has 0 unspecified atom stereocenters. The number of ketones is 1. The molecule has 0 saturated heterocycles. The van der Waals surface area contributed by atoms with Crippen molar-refractivity contribution in [2.45, 2.75) is 33.6 Å². The molecule has 0 bridgehead atoms. The zero-order chi connectivity index (χ0) is 15.7. The van der Waals surface area contributed by atoms with Crippen molar-refractivity contribution in [1.82, 2.24) is 4.98 Å². The summed E-state index contributed by atoms with van der Waals surface area (Å²) in [7, 11) is 0. The number of carbonyl (C=O) groups excluding carboxylic acids is 1. The van der Waals surface area contributed by atoms with E-state index in [9.17, 15) is 4.79 Å². The molecular weight excluding hydrogens is 270 g/mol. The van der Waals surface area contributed by atoms with E-state index in [1.807, 2.05) is 37.3 Å². The number of nitrogens with zero attached hydrogens (tertiary/aromatic N) is 1. The Kier molecular flexibility index (Phi) is 3.58. The first-order valence-electron chi connectivity index (χ1n) is 7.54. The highest BCUT2D eigenvalue weighted by molar-refractivity contribution is 5.98. The average Bonchev–Trinajstić information content (AvgIpc) is 2.44. The quantitative estimate of drug-likeness (QED) is 0.687. The highest BCUT2D eigenvalue weighted by Crippen LogP contribution is 2.33. The molecule has 110 valence electrons. The van der Waals surface area contributed by atoms with Crippen molar-refractivity contribution in [1.29, 1.82) is 0 Å². The Morgan fingerprint density at radius 1 is 1.09 bits per heavy atom. The predicted octanol–water partition coefficient (Wildman–Crippen LogP) is 3.94. The standard InChI is InChI=1S/C20H19NO/c1-14-5-4-6-15(9-14)7-8-16-10-17-18(21-13-16)11-20(2,3)12-19(17)22/h4-6,9-10,13H,11-12H2,1-3H3. The van der Waals surface area contributed by atoms with Crippen molar-refractivity contribution in [3.8, 4) is 11.8 Å². The molecule has 0 fully saturated rings. The molecule has 0 saturated carbocycles. The average molecular weight is 289 g/mol. The number of fused-ring (bicyclic) bond motifs is 1. The number of carbonyl (C=O) groups is 1. The molecule has 1 heterocycles. The van der Waals surface area contributed by atoms with Gasteiger partial charge in [0.1, 0.15) is 0 Å². The molecule has 1 aliphatic carbocycles. The van der Waals surface area contributed by atoms with Crippen LogP contribution in [0, 0.1) is 24.2 Å². The SMILES string of the molecule is Cc1cccc(C#Cc2cnc3c(c2)C(=O)CC(C)(C)C3)c1. The topological polar surface area (TPSA) is 30.0 Å². The van der Waals surface area contributed by atoms with Crippen LogP contribution in [0.4, 0.5) is 0 Å². The highest BCUT2D eigenvalue weighted by Gasteiger charge is 2.31. The van der Waals surface area contributed by atoms with Crippen LogP contribution in [0.2, 0.25) is 0 Å². The number of hydrogen-bond acceptors (Lipinski definition) is 2. The molecule has 22 heavy (non-hydrogen) atoms. The van der Waals surface area contributed by atoms with Crippen molar-refractivity contribution >= 4 is 5.78 Å². The Morgan fingerprint density at radius 2 is 1.86 bits per heavy atom. The van der Waals surface area contributed by atoms with E-state index < -0.39 is 0 Å². The first-order valence-corrected chi connectivity index (χ1v) is 7.54. The summed E-state index contributed by atoms with van der Waals surface area (Å²) in [6, 6.07) is 9.97. The van der Waals surface area contributed by atoms with Gasteiger partial charge in [-0.25, -0.2) is 0 Å². The fourth-order valence-corrected chi connectivity index (χ4v) is 2.86. The van der Waals surface area contributed by atoms with E-state index in [1.54, 1.807) is 6.20 Å². The van der Waals surface area contributed by atoms with Gasteiger partial charge in [-0.15, -0.1) is 0 Å². The van der Waals surface area contributed by atoms with Crippen LogP contribution in [0.3, 0.4) is 0 Å². The third-order valence-electron chi connectivity index (χ3n) is 3.92. The van der Waals surface area contributed by atoms with Gasteiger partial charge < -0.3 is 0 Å². The third-order valence-corrected chi connectivity index (χ3v) is 3.92. The molecule has 1 aromatic carbocycles. The molecule has 0 N–H and O–H groups in total. The minimum atomic E-state index is 0.00580. The van der Waals surface area contributed by atoms with Gasteiger partial charge in [0.25, 0.3) is 0 Å². The van der Waals surface area contributed by atoms with Crippen molar-refractivity contribution in [3.63, 3.8) is 0 Å². The first-order chi connectivity index (χ1) is 10.4. The molecule has 0 aliphatic heterocycles. The zero-order valence-corrected chi connectivity index (χ0v) is 13.2. The molecule has 0 spiro atoms. The maximum atomic E-state index is 12.3. The van der Waals surface area contributed by atoms with Crippen molar-refractivity contribution < 1.29 is 4.79 Å². The lowest BCUT2D eigenvalue weighted by Gasteiger charge is -2.29. The molecule has 3 rings (SSSR count). The molecule has 1 aliphatic rings. The molecule has 2 nitrogen and oxygen atoms in total. The number of aromatic nitrogens is 1. The smallest absolute Gasteiger partial charge is 0.165 e. The number of Topliss-reactive ketones (excluding diaryl/α,β-unsaturated/α-hetero) is 1. The van der Waals surface area contributed by atoms with Crippen molar-refractivity contribution in [2.75, 3.05) is 0 Å². The van der Waals surface area contributed by atoms with E-state index in [-0.39, 0.29) is 11.2 Å². The van der Waals surface area contributed by atoms with Gasteiger partial charge in [-0.1, -0.05) is 37.8 Å². The van der Waals surface area contributed by atoms with Crippen LogP contribution in [0.5, 0.6) is 0 Å². The predicted molar refractivity (Wildman–Crippen MR) is 87.8 cm³/mol. The van der Waals surface area contributed by atoms with Gasteiger partial charge in [0.2, 0.25) is 0 Å². The number of pyridine rings is 1. The van der Waals surface area contributed by atoms with Crippen LogP contribution in [0.1, 0.15) is 53.0 Å². The second kappa shape index (κ2) is 5.42. The van der Waals surface area contributed by atoms with Gasteiger partial charge in [-0.3, -0.25) is 9.78 Å². The summed E-state index contributed by atoms with van der Waals surface area (Å²) in [4.78, 5) is 16.8. The van der Waals surface area contributed by atoms with Gasteiger partial charge in [0, 0.05) is 29.3 Å². The van der Waals surface area contributed by atoms with E-state index >= 15 is 0 Å². The van der Waals surface area contributed by atoms with Crippen LogP contribution in [-0.4, -0.2) is 10.8 Å². The molecule has 0 radical (unpaired) electrons. The number of benzene rings is 1. The fraction of sp³-hybridized carbons (Fsp3) is 0.300. The lowest BCUT2D eigenvalue weighted by Crippen LogP contribution is -2.27. The lowest BCUT2D eigenvalue weighted by atomic mass is 9.75. The summed E-state index contributed by atoms with van der Waals surface area (Å²) < 4.78 is 0. The van der Waals surface area contributed by atoms with Gasteiger partial charge >= 0.3 is 0 Å². The van der Waals surface area contributed by atoms with Gasteiger partial charge in [-0.05, 0) is 42.5 Å². The maximum Gasteiger partial charge on any atom is 0.165 e. The number of aryl methyl sites for hydroxylation is 1. The molecular formula is C20H19NO. The second-order valence-electron chi connectivity index (χ2n) is 6.78. The first kappa shape index (κ1) is 14.5. The van der Waals surface area contributed by atoms with Gasteiger partial charge in [-0.2, -0.15) is 0 Å². The largest absolute Gasteiger partial charge is 0.294 e. The number of rotatable bonds is 0. The van der Waals surface area contributed by atoms with Crippen LogP contribution in [0.15, 0.2) is 36.5 Å². The summed E-state index contributed by atoms with van der Waals surface area (Å²) in [5.74, 6) is 6.43. The summed E-state index contributed by atoms with van der Waals surface area (Å²) in [6.45, 7) is 6.27. The molecule has 0 atom stereocenters. The van der Waals surface area contributed by atoms with Crippen LogP contribution in [-0.2, 0) is 6.42 Å². The highest BCUT2D eigenvalue weighted by atomic mass is 16.1. The Labute approximate surface area is 131 Å². The Hall–Kier alpha value is -2.40. The van der Waals surface area contributed by atoms with E-state index in [2.05, 4.69) is 30.7 Å². The summed E-state index contributed by atoms with van der Waals surface area (Å²) >= 11 is 0. The fourth-order valence-electron chi connectivity index (χ4n) is 2.86. The Bertz CT molecular complexity index is 806. The maximum absolute atomic E-state index is 12.3. The van der Waals surface area contributed by atoms with Crippen LogP contribution < -0.4 is 0 Å². The van der Waals surface area contributed by atoms with Crippen LogP contribution >= 0.6 is 0 Å². The molecule has 0 amide bonds. The lowest BCUT2D eigenvalue weighted by molar-refractivity contribution is 0.0910. The second-order valence-corrected chi connectivity index (χ2v) is 6.78. The van der Waals surface area contributed by atoms with Gasteiger partial charge in [0.15, 0.2) is 5.78 Å². The van der Waals surface area contributed by atoms with Crippen molar-refractivity contribution in [3.05, 3.63) is 64.5 Å². The van der Waals surface area contributed by atoms with E-state index in [0.717, 1.165) is 28.8 Å². The van der Waals surface area contributed by atoms with E-state index in [1.165, 1.54) is 5.56 Å². The molecule has 2 heteroatoms. The minimum absolute atomic E-state index is 0.00580. The summed E-state index contributed by atoms with van der Waals surface area (Å²) in [6.07, 6.45) is 3.20. The zero-order valence-electron chi connectivity index (χ0n) is 13.2. The van der Waals surface area contributed by atoms with E-state index in [4.69, 9.17) is 0 Å². The summed E-state index contributed by atoms with van der Waals surface area (Å²) in [5.41, 5.74) is 4.62. The third kappa shape index (κ3) is 3.09. The Morgan fingerprint density at radius 3 is 2.64 bits per heavy atom. The van der Waals surface area contributed by atoms with E-state index in [0.29, 0.717) is 6.42 Å². The number of hydrogen-bond donors (Lipinski definition) is 0. The Balaban J connectivity index is 1.92.